The predicted octanol–water partition coefficient (Wildman–Crippen LogP) is 1.46. The van der Waals surface area contributed by atoms with Crippen molar-refractivity contribution >= 4 is 40.3 Å². The molecule has 0 radical (unpaired) electrons. The number of nitrogens with two attached hydrogens (primary N) is 1. The number of primary amides is 1. The van der Waals surface area contributed by atoms with Crippen LogP contribution in [0, 0.1) is 0 Å². The molecule has 3 aromatic rings. The Bertz CT molecular complexity index is 1150. The fourth-order valence-electron chi connectivity index (χ4n) is 3.92. The number of rotatable bonds is 7. The van der Waals surface area contributed by atoms with Gasteiger partial charge in [0.1, 0.15) is 0 Å². The largest absolute Gasteiger partial charge is 0.369 e. The molecular weight excluding hydrogens is 404 g/mol. The van der Waals surface area contributed by atoms with E-state index in [9.17, 15) is 14.4 Å². The Morgan fingerprint density at radius 3 is 2.70 bits per heavy atom. The van der Waals surface area contributed by atoms with Crippen LogP contribution in [0.1, 0.15) is 38.5 Å². The van der Waals surface area contributed by atoms with Gasteiger partial charge in [0.25, 0.3) is 5.56 Å². The maximum absolute atomic E-state index is 13.1. The number of aryl methyl sites for hydroxylation is 1. The Hall–Kier alpha value is -2.88. The minimum atomic E-state index is -0.464. The zero-order chi connectivity index (χ0) is 21.1. The molecule has 0 unspecified atom stereocenters. The summed E-state index contributed by atoms with van der Waals surface area (Å²) in [5, 5.41) is 12.4. The molecule has 30 heavy (non-hydrogen) atoms. The quantitative estimate of drug-likeness (QED) is 0.549. The summed E-state index contributed by atoms with van der Waals surface area (Å²) in [7, 11) is 0. The van der Waals surface area contributed by atoms with Crippen molar-refractivity contribution in [1.29, 1.82) is 0 Å². The number of fused-ring (bicyclic) bond motifs is 3. The van der Waals surface area contributed by atoms with E-state index in [1.165, 1.54) is 11.0 Å². The van der Waals surface area contributed by atoms with Crippen LogP contribution in [-0.4, -0.2) is 42.8 Å². The average Bonchev–Trinajstić information content (AvgIpc) is 3.17. The van der Waals surface area contributed by atoms with Gasteiger partial charge < -0.3 is 11.1 Å². The van der Waals surface area contributed by atoms with Crippen molar-refractivity contribution in [3.8, 4) is 0 Å². The highest BCUT2D eigenvalue weighted by Gasteiger charge is 2.19. The Kier molecular flexibility index (Phi) is 6.03. The first-order chi connectivity index (χ1) is 14.5. The van der Waals surface area contributed by atoms with Gasteiger partial charge in [-0.05, 0) is 25.0 Å². The van der Waals surface area contributed by atoms with Crippen LogP contribution >= 0.6 is 11.8 Å². The first kappa shape index (κ1) is 20.4. The maximum Gasteiger partial charge on any atom is 0.262 e. The van der Waals surface area contributed by atoms with Gasteiger partial charge in [-0.3, -0.25) is 23.4 Å². The number of aromatic nitrogens is 4. The fourth-order valence-corrected chi connectivity index (χ4v) is 4.60. The summed E-state index contributed by atoms with van der Waals surface area (Å²) in [6.07, 6.45) is 5.70. The predicted molar refractivity (Wildman–Crippen MR) is 114 cm³/mol. The van der Waals surface area contributed by atoms with Crippen molar-refractivity contribution in [2.45, 2.75) is 56.3 Å². The maximum atomic E-state index is 13.1. The standard InChI is InChI=1S/C20H24N6O3S/c21-16(27)12-30-20-24-23-19-25(11-10-17(28)22-13-6-2-1-3-7-13)18(29)14-8-4-5-9-15(14)26(19)20/h4-5,8-9,13H,1-3,6-7,10-12H2,(H2,21,27)(H,22,28). The van der Waals surface area contributed by atoms with E-state index in [-0.39, 0.29) is 36.2 Å². The third-order valence-corrected chi connectivity index (χ3v) is 6.31. The van der Waals surface area contributed by atoms with Crippen molar-refractivity contribution in [3.05, 3.63) is 34.6 Å². The number of hydrogen-bond acceptors (Lipinski definition) is 6. The lowest BCUT2D eigenvalue weighted by Gasteiger charge is -2.22. The minimum absolute atomic E-state index is 0.0536. The van der Waals surface area contributed by atoms with Crippen molar-refractivity contribution in [2.75, 3.05) is 5.75 Å². The lowest BCUT2D eigenvalue weighted by molar-refractivity contribution is -0.122. The highest BCUT2D eigenvalue weighted by Crippen LogP contribution is 2.21. The second-order valence-electron chi connectivity index (χ2n) is 7.50. The van der Waals surface area contributed by atoms with E-state index in [2.05, 4.69) is 15.5 Å². The first-order valence-corrected chi connectivity index (χ1v) is 11.1. The Labute approximate surface area is 177 Å². The van der Waals surface area contributed by atoms with Gasteiger partial charge >= 0.3 is 0 Å². The lowest BCUT2D eigenvalue weighted by atomic mass is 9.95. The molecule has 158 valence electrons. The van der Waals surface area contributed by atoms with Crippen LogP contribution in [0.3, 0.4) is 0 Å². The zero-order valence-electron chi connectivity index (χ0n) is 16.5. The van der Waals surface area contributed by atoms with Crippen LogP contribution in [0.5, 0.6) is 0 Å². The summed E-state index contributed by atoms with van der Waals surface area (Å²) in [4.78, 5) is 36.7. The SMILES string of the molecule is NC(=O)CSc1nnc2n(CCC(=O)NC3CCCCC3)c(=O)c3ccccc3n12. The third kappa shape index (κ3) is 4.18. The first-order valence-electron chi connectivity index (χ1n) is 10.1. The van der Waals surface area contributed by atoms with E-state index < -0.39 is 5.91 Å². The van der Waals surface area contributed by atoms with E-state index in [0.717, 1.165) is 37.4 Å². The Balaban J connectivity index is 1.64. The average molecular weight is 429 g/mol. The fraction of sp³-hybridized carbons (Fsp3) is 0.450. The van der Waals surface area contributed by atoms with Crippen molar-refractivity contribution in [1.82, 2.24) is 24.5 Å². The number of carbonyl (C=O) groups is 2. The zero-order valence-corrected chi connectivity index (χ0v) is 17.4. The van der Waals surface area contributed by atoms with Gasteiger partial charge in [0.15, 0.2) is 5.16 Å². The molecule has 0 saturated heterocycles. The molecule has 0 bridgehead atoms. The van der Waals surface area contributed by atoms with Gasteiger partial charge in [0.05, 0.1) is 16.7 Å². The smallest absolute Gasteiger partial charge is 0.262 e. The molecule has 1 aliphatic carbocycles. The number of para-hydroxylation sites is 1. The van der Waals surface area contributed by atoms with E-state index in [4.69, 9.17) is 5.73 Å². The molecule has 0 spiro atoms. The van der Waals surface area contributed by atoms with Crippen molar-refractivity contribution in [2.24, 2.45) is 5.73 Å². The van der Waals surface area contributed by atoms with Gasteiger partial charge in [-0.15, -0.1) is 10.2 Å². The monoisotopic (exact) mass is 428 g/mol. The molecule has 0 aliphatic heterocycles. The van der Waals surface area contributed by atoms with Crippen molar-refractivity contribution in [3.63, 3.8) is 0 Å². The van der Waals surface area contributed by atoms with E-state index in [0.29, 0.717) is 21.8 Å². The highest BCUT2D eigenvalue weighted by molar-refractivity contribution is 7.99. The summed E-state index contributed by atoms with van der Waals surface area (Å²) in [6.45, 7) is 0.199. The minimum Gasteiger partial charge on any atom is -0.369 e. The molecule has 3 N–H and O–H groups in total. The molecule has 9 nitrogen and oxygen atoms in total. The third-order valence-electron chi connectivity index (χ3n) is 5.35. The van der Waals surface area contributed by atoms with Gasteiger partial charge in [-0.2, -0.15) is 0 Å². The van der Waals surface area contributed by atoms with Crippen LogP contribution in [0.25, 0.3) is 16.7 Å². The lowest BCUT2D eigenvalue weighted by Crippen LogP contribution is -2.37. The molecule has 1 saturated carbocycles. The highest BCUT2D eigenvalue weighted by atomic mass is 32.2. The van der Waals surface area contributed by atoms with Crippen LogP contribution in [0.15, 0.2) is 34.2 Å². The molecule has 4 rings (SSSR count). The molecule has 2 aromatic heterocycles. The molecule has 10 heteroatoms. The molecule has 1 aromatic carbocycles. The number of nitrogens with one attached hydrogen (secondary N) is 1. The van der Waals surface area contributed by atoms with Crippen molar-refractivity contribution < 1.29 is 9.59 Å². The number of benzene rings is 1. The Morgan fingerprint density at radius 1 is 1.17 bits per heavy atom. The summed E-state index contributed by atoms with van der Waals surface area (Å²) in [6, 6.07) is 7.38. The molecule has 2 amide bonds. The number of carbonyl (C=O) groups excluding carboxylic acids is 2. The van der Waals surface area contributed by atoms with E-state index in [1.54, 1.807) is 16.5 Å². The summed E-state index contributed by atoms with van der Waals surface area (Å²) in [5.74, 6) is -0.134. The molecule has 1 fully saturated rings. The normalized spacial score (nSPS) is 14.9. The summed E-state index contributed by atoms with van der Waals surface area (Å²) in [5.41, 5.74) is 5.69. The number of amides is 2. The number of nitrogens with zero attached hydrogens (tertiary/aromatic N) is 4. The van der Waals surface area contributed by atoms with Gasteiger partial charge in [-0.1, -0.05) is 43.2 Å². The van der Waals surface area contributed by atoms with E-state index in [1.807, 2.05) is 12.1 Å². The van der Waals surface area contributed by atoms with Crippen LogP contribution in [-0.2, 0) is 16.1 Å². The second-order valence-corrected chi connectivity index (χ2v) is 8.44. The number of thioether (sulfide) groups is 1. The molecule has 2 heterocycles. The summed E-state index contributed by atoms with van der Waals surface area (Å²) < 4.78 is 3.22. The van der Waals surface area contributed by atoms with Gasteiger partial charge in [0, 0.05) is 19.0 Å². The molecular formula is C20H24N6O3S. The number of hydrogen-bond donors (Lipinski definition) is 2. The van der Waals surface area contributed by atoms with Crippen LogP contribution in [0.4, 0.5) is 0 Å². The van der Waals surface area contributed by atoms with Crippen LogP contribution < -0.4 is 16.6 Å². The van der Waals surface area contributed by atoms with E-state index >= 15 is 0 Å². The topological polar surface area (TPSA) is 124 Å². The van der Waals surface area contributed by atoms with Crippen LogP contribution in [0.2, 0.25) is 0 Å². The Morgan fingerprint density at radius 2 is 1.93 bits per heavy atom. The van der Waals surface area contributed by atoms with Gasteiger partial charge in [-0.25, -0.2) is 0 Å². The second kappa shape index (κ2) is 8.86. The molecule has 0 atom stereocenters. The van der Waals surface area contributed by atoms with Gasteiger partial charge in [0.2, 0.25) is 17.6 Å². The summed E-state index contributed by atoms with van der Waals surface area (Å²) >= 11 is 1.16. The molecule has 1 aliphatic rings.